The van der Waals surface area contributed by atoms with Gasteiger partial charge >= 0.3 is 0 Å². The zero-order chi connectivity index (χ0) is 19.6. The van der Waals surface area contributed by atoms with Gasteiger partial charge in [-0.05, 0) is 17.7 Å². The maximum Gasteiger partial charge on any atom is 0.228 e. The zero-order valence-corrected chi connectivity index (χ0v) is 16.2. The molecule has 0 saturated carbocycles. The summed E-state index contributed by atoms with van der Waals surface area (Å²) in [4.78, 5) is 8.53. The molecule has 0 aliphatic heterocycles. The van der Waals surface area contributed by atoms with Gasteiger partial charge in [0.1, 0.15) is 0 Å². The molecule has 5 nitrogen and oxygen atoms in total. The summed E-state index contributed by atoms with van der Waals surface area (Å²) in [6.45, 7) is 0. The number of imidazole rings is 1. The number of rotatable bonds is 5. The van der Waals surface area contributed by atoms with Gasteiger partial charge in [-0.15, -0.1) is 0 Å². The van der Waals surface area contributed by atoms with Crippen molar-refractivity contribution in [2.75, 3.05) is 0 Å². The van der Waals surface area contributed by atoms with Gasteiger partial charge in [0.2, 0.25) is 15.0 Å². The first-order valence-electron chi connectivity index (χ1n) is 8.85. The van der Waals surface area contributed by atoms with Gasteiger partial charge in [0.05, 0.1) is 17.1 Å². The molecule has 0 aliphatic carbocycles. The van der Waals surface area contributed by atoms with E-state index >= 15 is 0 Å². The maximum absolute atomic E-state index is 13.1. The summed E-state index contributed by atoms with van der Waals surface area (Å²) in [6, 6.07) is 22.8. The van der Waals surface area contributed by atoms with E-state index in [9.17, 15) is 8.42 Å². The van der Waals surface area contributed by atoms with Crippen LogP contribution in [-0.4, -0.2) is 23.0 Å². The first-order valence-corrected chi connectivity index (χ1v) is 10.5. The highest BCUT2D eigenvalue weighted by Gasteiger charge is 2.26. The third kappa shape index (κ3) is 3.46. The SMILES string of the molecule is Cn1c(S(=O)(=O)Cc2ccncc2)nc(-c2ccccc2)c1-c1ccccc1. The molecule has 0 saturated heterocycles. The van der Waals surface area contributed by atoms with E-state index in [1.165, 1.54) is 0 Å². The molecule has 140 valence electrons. The predicted molar refractivity (Wildman–Crippen MR) is 109 cm³/mol. The number of sulfone groups is 1. The Hall–Kier alpha value is -3.25. The molecule has 0 fully saturated rings. The Bertz CT molecular complexity index is 1190. The summed E-state index contributed by atoms with van der Waals surface area (Å²) >= 11 is 0. The second-order valence-corrected chi connectivity index (χ2v) is 8.38. The Kier molecular flexibility index (Phi) is 4.79. The van der Waals surface area contributed by atoms with Gasteiger partial charge in [0.25, 0.3) is 0 Å². The van der Waals surface area contributed by atoms with Gasteiger partial charge in [0.15, 0.2) is 0 Å². The molecule has 0 amide bonds. The normalized spacial score (nSPS) is 11.5. The fourth-order valence-electron chi connectivity index (χ4n) is 3.24. The van der Waals surface area contributed by atoms with Gasteiger partial charge in [-0.1, -0.05) is 60.7 Å². The number of nitrogens with zero attached hydrogens (tertiary/aromatic N) is 3. The number of pyridine rings is 1. The Labute approximate surface area is 164 Å². The monoisotopic (exact) mass is 389 g/mol. The number of benzene rings is 2. The molecule has 0 radical (unpaired) electrons. The van der Waals surface area contributed by atoms with E-state index in [-0.39, 0.29) is 10.9 Å². The van der Waals surface area contributed by atoms with Crippen molar-refractivity contribution in [1.29, 1.82) is 0 Å². The van der Waals surface area contributed by atoms with Crippen molar-refractivity contribution in [2.45, 2.75) is 10.9 Å². The Morgan fingerprint density at radius 3 is 2.00 bits per heavy atom. The van der Waals surface area contributed by atoms with Crippen molar-refractivity contribution >= 4 is 9.84 Å². The van der Waals surface area contributed by atoms with Gasteiger partial charge in [-0.2, -0.15) is 0 Å². The van der Waals surface area contributed by atoms with Crippen molar-refractivity contribution in [1.82, 2.24) is 14.5 Å². The third-order valence-corrected chi connectivity index (χ3v) is 6.17. The van der Waals surface area contributed by atoms with Crippen LogP contribution in [0, 0.1) is 0 Å². The molecule has 28 heavy (non-hydrogen) atoms. The van der Waals surface area contributed by atoms with Crippen LogP contribution in [0.5, 0.6) is 0 Å². The minimum absolute atomic E-state index is 0.0574. The van der Waals surface area contributed by atoms with E-state index in [1.807, 2.05) is 60.7 Å². The van der Waals surface area contributed by atoms with E-state index in [1.54, 1.807) is 36.1 Å². The van der Waals surface area contributed by atoms with Crippen LogP contribution in [0.4, 0.5) is 0 Å². The highest BCUT2D eigenvalue weighted by atomic mass is 32.2. The standard InChI is InChI=1S/C22H19N3O2S/c1-25-21(19-10-6-3-7-11-19)20(18-8-4-2-5-9-18)24-22(25)28(26,27)16-17-12-14-23-15-13-17/h2-15H,16H2,1H3. The zero-order valence-electron chi connectivity index (χ0n) is 15.4. The summed E-state index contributed by atoms with van der Waals surface area (Å²) in [5, 5.41) is 0.0574. The predicted octanol–water partition coefficient (Wildman–Crippen LogP) is 4.12. The van der Waals surface area contributed by atoms with Crippen LogP contribution >= 0.6 is 0 Å². The molecule has 0 aliphatic rings. The first-order chi connectivity index (χ1) is 13.6. The van der Waals surface area contributed by atoms with Crippen LogP contribution in [-0.2, 0) is 22.6 Å². The maximum atomic E-state index is 13.1. The van der Waals surface area contributed by atoms with Gasteiger partial charge in [-0.3, -0.25) is 4.98 Å². The topological polar surface area (TPSA) is 64.8 Å². The van der Waals surface area contributed by atoms with Gasteiger partial charge in [-0.25, -0.2) is 13.4 Å². The van der Waals surface area contributed by atoms with E-state index in [0.29, 0.717) is 11.3 Å². The lowest BCUT2D eigenvalue weighted by Crippen LogP contribution is -2.11. The fourth-order valence-corrected chi connectivity index (χ4v) is 4.74. The van der Waals surface area contributed by atoms with Crippen molar-refractivity contribution in [3.8, 4) is 22.5 Å². The van der Waals surface area contributed by atoms with Gasteiger partial charge < -0.3 is 4.57 Å². The van der Waals surface area contributed by atoms with E-state index in [2.05, 4.69) is 9.97 Å². The summed E-state index contributed by atoms with van der Waals surface area (Å²) in [5.74, 6) is -0.122. The van der Waals surface area contributed by atoms with Crippen LogP contribution in [0.25, 0.3) is 22.5 Å². The molecule has 4 aromatic rings. The molecular formula is C22H19N3O2S. The molecule has 2 aromatic heterocycles. The second kappa shape index (κ2) is 7.40. The fraction of sp³-hybridized carbons (Fsp3) is 0.0909. The van der Waals surface area contributed by atoms with Crippen LogP contribution < -0.4 is 0 Å². The largest absolute Gasteiger partial charge is 0.317 e. The second-order valence-electron chi connectivity index (χ2n) is 6.50. The van der Waals surface area contributed by atoms with E-state index < -0.39 is 9.84 Å². The lowest BCUT2D eigenvalue weighted by atomic mass is 10.1. The quantitative estimate of drug-likeness (QED) is 0.515. The smallest absolute Gasteiger partial charge is 0.228 e. The summed E-state index contributed by atoms with van der Waals surface area (Å²) in [7, 11) is -1.89. The summed E-state index contributed by atoms with van der Waals surface area (Å²) < 4.78 is 28.0. The van der Waals surface area contributed by atoms with Crippen LogP contribution in [0.3, 0.4) is 0 Å². The summed E-state index contributed by atoms with van der Waals surface area (Å²) in [6.07, 6.45) is 3.18. The van der Waals surface area contributed by atoms with Crippen molar-refractivity contribution in [3.05, 3.63) is 90.8 Å². The van der Waals surface area contributed by atoms with Crippen molar-refractivity contribution in [2.24, 2.45) is 7.05 Å². The Balaban J connectivity index is 1.89. The van der Waals surface area contributed by atoms with E-state index in [0.717, 1.165) is 16.8 Å². The molecule has 0 bridgehead atoms. The molecule has 6 heteroatoms. The molecule has 0 N–H and O–H groups in total. The van der Waals surface area contributed by atoms with Crippen LogP contribution in [0.1, 0.15) is 5.56 Å². The Morgan fingerprint density at radius 1 is 0.821 bits per heavy atom. The van der Waals surface area contributed by atoms with Crippen LogP contribution in [0.2, 0.25) is 0 Å². The first kappa shape index (κ1) is 18.1. The summed E-state index contributed by atoms with van der Waals surface area (Å²) in [5.41, 5.74) is 3.91. The van der Waals surface area contributed by atoms with Crippen molar-refractivity contribution < 1.29 is 8.42 Å². The molecule has 0 spiro atoms. The van der Waals surface area contributed by atoms with Crippen LogP contribution in [0.15, 0.2) is 90.3 Å². The number of aromatic nitrogens is 3. The minimum Gasteiger partial charge on any atom is -0.317 e. The molecule has 0 unspecified atom stereocenters. The third-order valence-electron chi connectivity index (χ3n) is 4.53. The number of hydrogen-bond donors (Lipinski definition) is 0. The molecular weight excluding hydrogens is 370 g/mol. The lowest BCUT2D eigenvalue weighted by molar-refractivity contribution is 0.579. The lowest BCUT2D eigenvalue weighted by Gasteiger charge is -2.08. The minimum atomic E-state index is -3.64. The molecule has 2 heterocycles. The molecule has 2 aromatic carbocycles. The van der Waals surface area contributed by atoms with E-state index in [4.69, 9.17) is 0 Å². The average molecular weight is 389 g/mol. The molecule has 0 atom stereocenters. The highest BCUT2D eigenvalue weighted by molar-refractivity contribution is 7.90. The van der Waals surface area contributed by atoms with Gasteiger partial charge in [0, 0.05) is 30.6 Å². The number of hydrogen-bond acceptors (Lipinski definition) is 4. The van der Waals surface area contributed by atoms with Crippen molar-refractivity contribution in [3.63, 3.8) is 0 Å². The Morgan fingerprint density at radius 2 is 1.39 bits per heavy atom. The molecule has 4 rings (SSSR count). The average Bonchev–Trinajstić information content (AvgIpc) is 3.08. The highest BCUT2D eigenvalue weighted by Crippen LogP contribution is 2.34.